The Labute approximate surface area is 125 Å². The molecule has 4 nitrogen and oxygen atoms in total. The zero-order valence-corrected chi connectivity index (χ0v) is 11.4. The molecule has 2 rings (SSSR count). The second-order valence-corrected chi connectivity index (χ2v) is 4.55. The molecule has 1 atom stereocenters. The first kappa shape index (κ1) is 15.6. The van der Waals surface area contributed by atoms with Gasteiger partial charge in [0.2, 0.25) is 0 Å². The van der Waals surface area contributed by atoms with E-state index in [9.17, 15) is 18.7 Å². The second kappa shape index (κ2) is 6.78. The number of hydrogen-bond acceptors (Lipinski definition) is 3. The van der Waals surface area contributed by atoms with E-state index in [1.807, 2.05) is 0 Å². The minimum atomic E-state index is -1.13. The molecule has 0 aliphatic heterocycles. The normalized spacial score (nSPS) is 11.5. The van der Waals surface area contributed by atoms with Gasteiger partial charge in [0.25, 0.3) is 5.91 Å². The zero-order valence-electron chi connectivity index (χ0n) is 11.4. The number of carbonyl (C=O) groups is 1. The standard InChI is InChI=1S/C16H12F2N2O2/c17-12-6-10(8-19)7-13(18)15(12)16(22)20-14(9-21)11-4-2-1-3-5-11/h1-7,14,21H,9H2,(H,20,22)/t14-/m1/s1. The lowest BCUT2D eigenvalue weighted by Crippen LogP contribution is -2.32. The van der Waals surface area contributed by atoms with Crippen LogP contribution in [0.25, 0.3) is 0 Å². The summed E-state index contributed by atoms with van der Waals surface area (Å²) in [6.45, 7) is -0.421. The van der Waals surface area contributed by atoms with Gasteiger partial charge in [-0.05, 0) is 17.7 Å². The van der Waals surface area contributed by atoms with Gasteiger partial charge in [-0.2, -0.15) is 5.26 Å². The van der Waals surface area contributed by atoms with Crippen LogP contribution in [0.4, 0.5) is 8.78 Å². The van der Waals surface area contributed by atoms with Crippen LogP contribution in [0.5, 0.6) is 0 Å². The molecule has 0 unspecified atom stereocenters. The molecule has 2 aromatic carbocycles. The number of aliphatic hydroxyl groups is 1. The molecule has 2 aromatic rings. The van der Waals surface area contributed by atoms with Crippen molar-refractivity contribution in [1.82, 2.24) is 5.32 Å². The van der Waals surface area contributed by atoms with E-state index >= 15 is 0 Å². The molecule has 0 aromatic heterocycles. The van der Waals surface area contributed by atoms with Gasteiger partial charge in [-0.25, -0.2) is 8.78 Å². The van der Waals surface area contributed by atoms with Crippen LogP contribution in [0.1, 0.15) is 27.5 Å². The van der Waals surface area contributed by atoms with Crippen molar-refractivity contribution in [1.29, 1.82) is 5.26 Å². The fourth-order valence-corrected chi connectivity index (χ4v) is 2.00. The Morgan fingerprint density at radius 2 is 1.82 bits per heavy atom. The molecule has 22 heavy (non-hydrogen) atoms. The molecule has 2 N–H and O–H groups in total. The number of aliphatic hydroxyl groups excluding tert-OH is 1. The molecule has 0 heterocycles. The Morgan fingerprint density at radius 3 is 2.32 bits per heavy atom. The first-order chi connectivity index (χ1) is 10.6. The van der Waals surface area contributed by atoms with Gasteiger partial charge in [0.05, 0.1) is 24.3 Å². The van der Waals surface area contributed by atoms with Gasteiger partial charge in [-0.15, -0.1) is 0 Å². The first-order valence-electron chi connectivity index (χ1n) is 6.42. The van der Waals surface area contributed by atoms with Gasteiger partial charge in [-0.1, -0.05) is 30.3 Å². The number of nitrogens with zero attached hydrogens (tertiary/aromatic N) is 1. The number of rotatable bonds is 4. The number of nitrogens with one attached hydrogen (secondary N) is 1. The molecule has 112 valence electrons. The van der Waals surface area contributed by atoms with Crippen molar-refractivity contribution in [2.75, 3.05) is 6.61 Å². The monoisotopic (exact) mass is 302 g/mol. The summed E-state index contributed by atoms with van der Waals surface area (Å²) >= 11 is 0. The number of carbonyl (C=O) groups excluding carboxylic acids is 1. The van der Waals surface area contributed by atoms with Crippen LogP contribution >= 0.6 is 0 Å². The molecule has 0 saturated carbocycles. The van der Waals surface area contributed by atoms with Crippen molar-refractivity contribution in [3.05, 3.63) is 70.8 Å². The lowest BCUT2D eigenvalue weighted by Gasteiger charge is -2.17. The maximum Gasteiger partial charge on any atom is 0.257 e. The predicted molar refractivity (Wildman–Crippen MR) is 74.8 cm³/mol. The van der Waals surface area contributed by atoms with E-state index in [0.29, 0.717) is 5.56 Å². The summed E-state index contributed by atoms with van der Waals surface area (Å²) in [5, 5.41) is 20.3. The van der Waals surface area contributed by atoms with Crippen LogP contribution in [0, 0.1) is 23.0 Å². The van der Waals surface area contributed by atoms with Gasteiger partial charge in [0.15, 0.2) is 0 Å². The van der Waals surface area contributed by atoms with Crippen molar-refractivity contribution in [2.24, 2.45) is 0 Å². The van der Waals surface area contributed by atoms with Gasteiger partial charge in [0.1, 0.15) is 17.2 Å². The van der Waals surface area contributed by atoms with Crippen LogP contribution < -0.4 is 5.32 Å². The molecule has 0 aliphatic rings. The maximum atomic E-state index is 13.8. The topological polar surface area (TPSA) is 73.1 Å². The molecule has 0 bridgehead atoms. The second-order valence-electron chi connectivity index (χ2n) is 4.55. The minimum Gasteiger partial charge on any atom is -0.394 e. The number of benzene rings is 2. The molecular formula is C16H12F2N2O2. The van der Waals surface area contributed by atoms with E-state index in [4.69, 9.17) is 5.26 Å². The molecule has 0 fully saturated rings. The average molecular weight is 302 g/mol. The third-order valence-corrected chi connectivity index (χ3v) is 3.09. The Bertz CT molecular complexity index is 704. The highest BCUT2D eigenvalue weighted by Crippen LogP contribution is 2.18. The fraction of sp³-hybridized carbons (Fsp3) is 0.125. The van der Waals surface area contributed by atoms with Crippen molar-refractivity contribution in [3.8, 4) is 6.07 Å². The smallest absolute Gasteiger partial charge is 0.257 e. The van der Waals surface area contributed by atoms with Crippen LogP contribution in [0.3, 0.4) is 0 Å². The summed E-state index contributed by atoms with van der Waals surface area (Å²) in [6, 6.07) is 10.9. The summed E-state index contributed by atoms with van der Waals surface area (Å²) in [5.41, 5.74) is -0.394. The third-order valence-electron chi connectivity index (χ3n) is 3.09. The van der Waals surface area contributed by atoms with Crippen molar-refractivity contribution < 1.29 is 18.7 Å². The Kier molecular flexibility index (Phi) is 4.81. The number of halogens is 2. The lowest BCUT2D eigenvalue weighted by molar-refractivity contribution is 0.0907. The average Bonchev–Trinajstić information content (AvgIpc) is 2.52. The summed E-state index contributed by atoms with van der Waals surface area (Å²) in [6.07, 6.45) is 0. The quantitative estimate of drug-likeness (QED) is 0.910. The summed E-state index contributed by atoms with van der Waals surface area (Å²) in [7, 11) is 0. The van der Waals surface area contributed by atoms with E-state index in [-0.39, 0.29) is 5.56 Å². The van der Waals surface area contributed by atoms with Crippen molar-refractivity contribution in [3.63, 3.8) is 0 Å². The highest BCUT2D eigenvalue weighted by Gasteiger charge is 2.22. The maximum absolute atomic E-state index is 13.8. The molecule has 6 heteroatoms. The largest absolute Gasteiger partial charge is 0.394 e. The van der Waals surface area contributed by atoms with Crippen molar-refractivity contribution >= 4 is 5.91 Å². The highest BCUT2D eigenvalue weighted by molar-refractivity contribution is 5.95. The molecule has 0 spiro atoms. The number of amides is 1. The van der Waals surface area contributed by atoms with E-state index in [0.717, 1.165) is 12.1 Å². The highest BCUT2D eigenvalue weighted by atomic mass is 19.1. The van der Waals surface area contributed by atoms with Crippen molar-refractivity contribution in [2.45, 2.75) is 6.04 Å². The van der Waals surface area contributed by atoms with Crippen LogP contribution in [-0.2, 0) is 0 Å². The number of hydrogen-bond donors (Lipinski definition) is 2. The van der Waals surface area contributed by atoms with E-state index < -0.39 is 35.8 Å². The first-order valence-corrected chi connectivity index (χ1v) is 6.42. The molecule has 1 amide bonds. The Hall–Kier alpha value is -2.78. The van der Waals surface area contributed by atoms with E-state index in [2.05, 4.69) is 5.32 Å². The number of nitriles is 1. The predicted octanol–water partition coefficient (Wildman–Crippen LogP) is 2.30. The molecular weight excluding hydrogens is 290 g/mol. The lowest BCUT2D eigenvalue weighted by atomic mass is 10.1. The zero-order chi connectivity index (χ0) is 16.1. The van der Waals surface area contributed by atoms with Crippen LogP contribution in [0.15, 0.2) is 42.5 Å². The SMILES string of the molecule is N#Cc1cc(F)c(C(=O)N[C@H](CO)c2ccccc2)c(F)c1. The Balaban J connectivity index is 2.27. The summed E-state index contributed by atoms with van der Waals surface area (Å²) < 4.78 is 27.6. The van der Waals surface area contributed by atoms with Gasteiger partial charge >= 0.3 is 0 Å². The fourth-order valence-electron chi connectivity index (χ4n) is 2.00. The third kappa shape index (κ3) is 3.27. The van der Waals surface area contributed by atoms with Gasteiger partial charge in [-0.3, -0.25) is 4.79 Å². The minimum absolute atomic E-state index is 0.215. The summed E-state index contributed by atoms with van der Waals surface area (Å²) in [4.78, 5) is 12.0. The van der Waals surface area contributed by atoms with E-state index in [1.54, 1.807) is 36.4 Å². The Morgan fingerprint density at radius 1 is 1.23 bits per heavy atom. The van der Waals surface area contributed by atoms with Gasteiger partial charge < -0.3 is 10.4 Å². The van der Waals surface area contributed by atoms with E-state index in [1.165, 1.54) is 0 Å². The summed E-state index contributed by atoms with van der Waals surface area (Å²) in [5.74, 6) is -3.25. The molecule has 0 radical (unpaired) electrons. The molecule has 0 aliphatic carbocycles. The molecule has 0 saturated heterocycles. The van der Waals surface area contributed by atoms with Gasteiger partial charge in [0, 0.05) is 0 Å². The van der Waals surface area contributed by atoms with Crippen LogP contribution in [-0.4, -0.2) is 17.6 Å². The van der Waals surface area contributed by atoms with Crippen LogP contribution in [0.2, 0.25) is 0 Å².